The zero-order chi connectivity index (χ0) is 15.6. The molecule has 0 fully saturated rings. The first-order valence-corrected chi connectivity index (χ1v) is 6.46. The molecule has 2 rings (SSSR count). The molecule has 1 atom stereocenters. The maximum absolute atomic E-state index is 11.0. The Morgan fingerprint density at radius 2 is 2.00 bits per heavy atom. The number of aromatic nitrogens is 1. The molecule has 0 aliphatic heterocycles. The maximum atomic E-state index is 11.0. The molecule has 1 aromatic heterocycles. The van der Waals surface area contributed by atoms with Crippen LogP contribution in [0.5, 0.6) is 11.6 Å². The summed E-state index contributed by atoms with van der Waals surface area (Å²) in [6.07, 6.45) is 0.909. The number of benzene rings is 1. The quantitative estimate of drug-likeness (QED) is 0.688. The molecular weight excluding hydrogens is 272 g/mol. The number of aryl methyl sites for hydroxylation is 2. The molecule has 0 saturated heterocycles. The van der Waals surface area contributed by atoms with E-state index in [2.05, 4.69) is 4.98 Å². The topological polar surface area (TPSA) is 85.5 Å². The van der Waals surface area contributed by atoms with Crippen molar-refractivity contribution in [3.05, 3.63) is 57.3 Å². The predicted octanol–water partition coefficient (Wildman–Crippen LogP) is 3.45. The van der Waals surface area contributed by atoms with Crippen LogP contribution in [0.15, 0.2) is 30.5 Å². The summed E-state index contributed by atoms with van der Waals surface area (Å²) in [4.78, 5) is 14.6. The number of rotatable bonds is 4. The van der Waals surface area contributed by atoms with Gasteiger partial charge in [-0.2, -0.15) is 0 Å². The molecular formula is C15H16N2O4. The van der Waals surface area contributed by atoms with Gasteiger partial charge in [-0.15, -0.1) is 0 Å². The highest BCUT2D eigenvalue weighted by atomic mass is 16.6. The van der Waals surface area contributed by atoms with Gasteiger partial charge in [0, 0.05) is 17.8 Å². The second-order valence-electron chi connectivity index (χ2n) is 4.87. The van der Waals surface area contributed by atoms with Crippen molar-refractivity contribution in [2.45, 2.75) is 26.9 Å². The first-order valence-electron chi connectivity index (χ1n) is 6.46. The van der Waals surface area contributed by atoms with Gasteiger partial charge in [-0.25, -0.2) is 4.98 Å². The summed E-state index contributed by atoms with van der Waals surface area (Å²) in [6, 6.07) is 6.42. The Labute approximate surface area is 122 Å². The minimum atomic E-state index is -0.603. The highest BCUT2D eigenvalue weighted by molar-refractivity contribution is 5.50. The Kier molecular flexibility index (Phi) is 4.18. The van der Waals surface area contributed by atoms with Crippen molar-refractivity contribution in [3.8, 4) is 11.6 Å². The molecule has 1 heterocycles. The van der Waals surface area contributed by atoms with Gasteiger partial charge in [-0.05, 0) is 44.0 Å². The van der Waals surface area contributed by atoms with E-state index in [1.807, 2.05) is 6.92 Å². The number of pyridine rings is 1. The molecule has 6 nitrogen and oxygen atoms in total. The molecule has 110 valence electrons. The smallest absolute Gasteiger partial charge is 0.276 e. The second kappa shape index (κ2) is 5.88. The zero-order valence-electron chi connectivity index (χ0n) is 12.0. The van der Waals surface area contributed by atoms with Gasteiger partial charge in [0.1, 0.15) is 5.75 Å². The summed E-state index contributed by atoms with van der Waals surface area (Å²) in [7, 11) is 0. The largest absolute Gasteiger partial charge is 0.439 e. The first kappa shape index (κ1) is 14.9. The molecule has 0 radical (unpaired) electrons. The lowest BCUT2D eigenvalue weighted by molar-refractivity contribution is -0.385. The minimum absolute atomic E-state index is 0.0104. The Hall–Kier alpha value is -2.47. The van der Waals surface area contributed by atoms with Gasteiger partial charge in [0.05, 0.1) is 17.1 Å². The number of nitro benzene ring substituents is 1. The molecule has 21 heavy (non-hydrogen) atoms. The van der Waals surface area contributed by atoms with E-state index in [-0.39, 0.29) is 5.69 Å². The highest BCUT2D eigenvalue weighted by Gasteiger charge is 2.15. The van der Waals surface area contributed by atoms with E-state index in [1.54, 1.807) is 32.0 Å². The van der Waals surface area contributed by atoms with E-state index in [0.717, 1.165) is 5.56 Å². The van der Waals surface area contributed by atoms with Crippen molar-refractivity contribution in [2.75, 3.05) is 0 Å². The van der Waals surface area contributed by atoms with E-state index < -0.39 is 11.0 Å². The Bertz CT molecular complexity index is 666. The third-order valence-electron chi connectivity index (χ3n) is 3.15. The van der Waals surface area contributed by atoms with Crippen LogP contribution in [-0.2, 0) is 0 Å². The number of hydrogen-bond donors (Lipinski definition) is 1. The average molecular weight is 288 g/mol. The second-order valence-corrected chi connectivity index (χ2v) is 4.87. The standard InChI is InChI=1S/C15H16N2O4/c1-9-6-10(2)14(7-13(9)17(19)20)21-15-5-4-12(8-16-15)11(3)18/h4-8,11,18H,1-3H3/t11-/m0/s1. The molecule has 0 spiro atoms. The van der Waals surface area contributed by atoms with Crippen molar-refractivity contribution in [3.63, 3.8) is 0 Å². The molecule has 0 amide bonds. The van der Waals surface area contributed by atoms with Crippen molar-refractivity contribution < 1.29 is 14.8 Å². The fourth-order valence-electron chi connectivity index (χ4n) is 1.94. The lowest BCUT2D eigenvalue weighted by Gasteiger charge is -2.10. The third-order valence-corrected chi connectivity index (χ3v) is 3.15. The number of nitrogens with zero attached hydrogens (tertiary/aromatic N) is 2. The molecule has 0 aliphatic carbocycles. The lowest BCUT2D eigenvalue weighted by atomic mass is 10.1. The van der Waals surface area contributed by atoms with Crippen LogP contribution in [0.4, 0.5) is 5.69 Å². The van der Waals surface area contributed by atoms with Crippen LogP contribution >= 0.6 is 0 Å². The van der Waals surface area contributed by atoms with E-state index in [9.17, 15) is 15.2 Å². The van der Waals surface area contributed by atoms with Gasteiger partial charge >= 0.3 is 0 Å². The summed E-state index contributed by atoms with van der Waals surface area (Å²) in [5.74, 6) is 0.713. The van der Waals surface area contributed by atoms with Crippen molar-refractivity contribution in [1.29, 1.82) is 0 Å². The molecule has 1 aromatic carbocycles. The van der Waals surface area contributed by atoms with Gasteiger partial charge in [0.15, 0.2) is 0 Å². The van der Waals surface area contributed by atoms with Gasteiger partial charge < -0.3 is 9.84 Å². The van der Waals surface area contributed by atoms with Crippen LogP contribution in [0.1, 0.15) is 29.7 Å². The van der Waals surface area contributed by atoms with Crippen molar-refractivity contribution in [1.82, 2.24) is 4.98 Å². The zero-order valence-corrected chi connectivity index (χ0v) is 12.0. The van der Waals surface area contributed by atoms with Crippen molar-refractivity contribution in [2.24, 2.45) is 0 Å². The average Bonchev–Trinajstić information content (AvgIpc) is 2.42. The third kappa shape index (κ3) is 3.35. The van der Waals surface area contributed by atoms with E-state index in [1.165, 1.54) is 12.3 Å². The van der Waals surface area contributed by atoms with Crippen molar-refractivity contribution >= 4 is 5.69 Å². The molecule has 0 unspecified atom stereocenters. The summed E-state index contributed by atoms with van der Waals surface area (Å²) in [6.45, 7) is 5.14. The summed E-state index contributed by atoms with van der Waals surface area (Å²) in [5.41, 5.74) is 2.06. The van der Waals surface area contributed by atoms with Gasteiger partial charge in [0.25, 0.3) is 5.69 Å². The van der Waals surface area contributed by atoms with Crippen LogP contribution < -0.4 is 4.74 Å². The summed E-state index contributed by atoms with van der Waals surface area (Å²) < 4.78 is 5.59. The summed E-state index contributed by atoms with van der Waals surface area (Å²) in [5, 5.41) is 20.4. The Morgan fingerprint density at radius 3 is 2.52 bits per heavy atom. The number of nitro groups is 1. The normalized spacial score (nSPS) is 12.0. The van der Waals surface area contributed by atoms with Crippen LogP contribution in [-0.4, -0.2) is 15.0 Å². The maximum Gasteiger partial charge on any atom is 0.276 e. The van der Waals surface area contributed by atoms with E-state index in [4.69, 9.17) is 4.74 Å². The summed E-state index contributed by atoms with van der Waals surface area (Å²) >= 11 is 0. The van der Waals surface area contributed by atoms with Crippen LogP contribution in [0.25, 0.3) is 0 Å². The van der Waals surface area contributed by atoms with Crippen LogP contribution in [0.2, 0.25) is 0 Å². The predicted molar refractivity (Wildman–Crippen MR) is 77.5 cm³/mol. The van der Waals surface area contributed by atoms with E-state index in [0.29, 0.717) is 22.8 Å². The first-order chi connectivity index (χ1) is 9.88. The molecule has 0 bridgehead atoms. The lowest BCUT2D eigenvalue weighted by Crippen LogP contribution is -1.97. The van der Waals surface area contributed by atoms with Crippen LogP contribution in [0.3, 0.4) is 0 Å². The number of hydrogen-bond acceptors (Lipinski definition) is 5. The number of aliphatic hydroxyl groups is 1. The Morgan fingerprint density at radius 1 is 1.29 bits per heavy atom. The Balaban J connectivity index is 2.30. The van der Waals surface area contributed by atoms with Crippen LogP contribution in [0, 0.1) is 24.0 Å². The fraction of sp³-hybridized carbons (Fsp3) is 0.267. The molecule has 0 saturated carbocycles. The van der Waals surface area contributed by atoms with Gasteiger partial charge in [-0.1, -0.05) is 0 Å². The minimum Gasteiger partial charge on any atom is -0.439 e. The highest BCUT2D eigenvalue weighted by Crippen LogP contribution is 2.31. The fourth-order valence-corrected chi connectivity index (χ4v) is 1.94. The van der Waals surface area contributed by atoms with Gasteiger partial charge in [0.2, 0.25) is 5.88 Å². The monoisotopic (exact) mass is 288 g/mol. The van der Waals surface area contributed by atoms with Gasteiger partial charge in [-0.3, -0.25) is 10.1 Å². The van der Waals surface area contributed by atoms with E-state index >= 15 is 0 Å². The molecule has 2 aromatic rings. The number of aliphatic hydroxyl groups excluding tert-OH is 1. The SMILES string of the molecule is Cc1cc(C)c([N+](=O)[O-])cc1Oc1ccc([C@H](C)O)cn1. The molecule has 0 aliphatic rings. The molecule has 6 heteroatoms. The number of ether oxygens (including phenoxy) is 1. The molecule has 1 N–H and O–H groups in total.